The number of nitrogens with one attached hydrogen (secondary N) is 2. The Morgan fingerprint density at radius 3 is 2.58 bits per heavy atom. The van der Waals surface area contributed by atoms with Crippen LogP contribution < -0.4 is 10.6 Å². The molecule has 0 unspecified atom stereocenters. The fourth-order valence-electron chi connectivity index (χ4n) is 2.51. The Morgan fingerprint density at radius 2 is 1.85 bits per heavy atom. The zero-order chi connectivity index (χ0) is 18.7. The lowest BCUT2D eigenvalue weighted by molar-refractivity contribution is -0.115. The van der Waals surface area contributed by atoms with Crippen molar-refractivity contribution in [2.75, 3.05) is 11.9 Å². The van der Waals surface area contributed by atoms with Crippen LogP contribution in [0.5, 0.6) is 0 Å². The van der Waals surface area contributed by atoms with Gasteiger partial charge in [0.15, 0.2) is 5.13 Å². The molecule has 0 saturated carbocycles. The third-order valence-electron chi connectivity index (χ3n) is 4.02. The summed E-state index contributed by atoms with van der Waals surface area (Å²) in [5, 5.41) is 9.61. The van der Waals surface area contributed by atoms with Crippen LogP contribution in [0.1, 0.15) is 26.4 Å². The molecule has 2 amide bonds. The number of aryl methyl sites for hydroxylation is 3. The van der Waals surface area contributed by atoms with E-state index in [0.29, 0.717) is 10.0 Å². The molecule has 0 aliphatic carbocycles. The Bertz CT molecular complexity index is 946. The molecular formula is C19H19N3O2S2. The van der Waals surface area contributed by atoms with E-state index in [-0.39, 0.29) is 18.4 Å². The number of carbonyl (C=O) groups excluding carboxylic acids is 2. The molecular weight excluding hydrogens is 366 g/mol. The SMILES string of the molecule is Cc1cc(C)c(-c2csc(NC(=O)CNC(=O)c3cccs3)n2)cc1C. The molecule has 2 heterocycles. The van der Waals surface area contributed by atoms with E-state index < -0.39 is 0 Å². The van der Waals surface area contributed by atoms with E-state index in [1.165, 1.54) is 33.8 Å². The highest BCUT2D eigenvalue weighted by Gasteiger charge is 2.12. The maximum Gasteiger partial charge on any atom is 0.261 e. The molecule has 0 aliphatic rings. The van der Waals surface area contributed by atoms with Gasteiger partial charge in [0.2, 0.25) is 5.91 Å². The second-order valence-electron chi connectivity index (χ2n) is 6.00. The number of nitrogens with zero attached hydrogens (tertiary/aromatic N) is 1. The van der Waals surface area contributed by atoms with Crippen LogP contribution in [-0.2, 0) is 4.79 Å². The van der Waals surface area contributed by atoms with Gasteiger partial charge in [0, 0.05) is 10.9 Å². The number of amides is 2. The molecule has 7 heteroatoms. The monoisotopic (exact) mass is 385 g/mol. The Balaban J connectivity index is 1.62. The van der Waals surface area contributed by atoms with E-state index in [9.17, 15) is 9.59 Å². The molecule has 0 radical (unpaired) electrons. The first-order valence-electron chi connectivity index (χ1n) is 8.09. The minimum atomic E-state index is -0.299. The lowest BCUT2D eigenvalue weighted by Crippen LogP contribution is -2.32. The summed E-state index contributed by atoms with van der Waals surface area (Å²) in [5.41, 5.74) is 5.51. The molecule has 0 atom stereocenters. The lowest BCUT2D eigenvalue weighted by atomic mass is 9.99. The second-order valence-corrected chi connectivity index (χ2v) is 7.80. The molecule has 2 aromatic heterocycles. The van der Waals surface area contributed by atoms with Crippen LogP contribution in [0.4, 0.5) is 5.13 Å². The first-order valence-corrected chi connectivity index (χ1v) is 9.85. The number of aromatic nitrogens is 1. The molecule has 0 aliphatic heterocycles. The van der Waals surface area contributed by atoms with Gasteiger partial charge in [-0.05, 0) is 55.0 Å². The molecule has 134 valence electrons. The van der Waals surface area contributed by atoms with E-state index in [2.05, 4.69) is 48.5 Å². The quantitative estimate of drug-likeness (QED) is 0.693. The van der Waals surface area contributed by atoms with Gasteiger partial charge in [-0.25, -0.2) is 4.98 Å². The highest BCUT2D eigenvalue weighted by Crippen LogP contribution is 2.29. The molecule has 1 aromatic carbocycles. The average Bonchev–Trinajstić information content (AvgIpc) is 3.28. The summed E-state index contributed by atoms with van der Waals surface area (Å²) in [4.78, 5) is 29.0. The number of carbonyl (C=O) groups is 2. The fraction of sp³-hybridized carbons (Fsp3) is 0.211. The van der Waals surface area contributed by atoms with E-state index in [1.54, 1.807) is 12.1 Å². The van der Waals surface area contributed by atoms with Crippen LogP contribution in [0.15, 0.2) is 35.0 Å². The third kappa shape index (κ3) is 4.17. The second kappa shape index (κ2) is 7.80. The van der Waals surface area contributed by atoms with Crippen LogP contribution in [-0.4, -0.2) is 23.3 Å². The number of anilines is 1. The van der Waals surface area contributed by atoms with E-state index in [4.69, 9.17) is 0 Å². The molecule has 3 rings (SSSR count). The molecule has 0 bridgehead atoms. The van der Waals surface area contributed by atoms with Crippen molar-refractivity contribution in [3.8, 4) is 11.3 Å². The van der Waals surface area contributed by atoms with Gasteiger partial charge in [-0.1, -0.05) is 12.1 Å². The van der Waals surface area contributed by atoms with Gasteiger partial charge < -0.3 is 10.6 Å². The summed E-state index contributed by atoms with van der Waals surface area (Å²) < 4.78 is 0. The fourth-order valence-corrected chi connectivity index (χ4v) is 3.88. The summed E-state index contributed by atoms with van der Waals surface area (Å²) in [7, 11) is 0. The number of rotatable bonds is 5. The predicted octanol–water partition coefficient (Wildman–Crippen LogP) is 4.17. The number of thiophene rings is 1. The van der Waals surface area contributed by atoms with Crippen molar-refractivity contribution in [1.82, 2.24) is 10.3 Å². The highest BCUT2D eigenvalue weighted by molar-refractivity contribution is 7.14. The number of hydrogen-bond donors (Lipinski definition) is 2. The van der Waals surface area contributed by atoms with Gasteiger partial charge in [0.1, 0.15) is 0 Å². The molecule has 0 spiro atoms. The lowest BCUT2D eigenvalue weighted by Gasteiger charge is -2.07. The van der Waals surface area contributed by atoms with Crippen molar-refractivity contribution in [1.29, 1.82) is 0 Å². The van der Waals surface area contributed by atoms with Gasteiger partial charge in [-0.15, -0.1) is 22.7 Å². The Labute approximate surface area is 160 Å². The molecule has 0 fully saturated rings. The minimum Gasteiger partial charge on any atom is -0.342 e. The minimum absolute atomic E-state index is 0.0890. The van der Waals surface area contributed by atoms with Gasteiger partial charge in [0.25, 0.3) is 5.91 Å². The van der Waals surface area contributed by atoms with Crippen molar-refractivity contribution in [3.05, 3.63) is 56.6 Å². The Hall–Kier alpha value is -2.51. The number of thiazole rings is 1. The Morgan fingerprint density at radius 1 is 1.08 bits per heavy atom. The van der Waals surface area contributed by atoms with Crippen molar-refractivity contribution in [2.45, 2.75) is 20.8 Å². The number of benzene rings is 1. The summed E-state index contributed by atoms with van der Waals surface area (Å²) in [6, 6.07) is 7.78. The average molecular weight is 386 g/mol. The first-order chi connectivity index (χ1) is 12.4. The smallest absolute Gasteiger partial charge is 0.261 e. The molecule has 26 heavy (non-hydrogen) atoms. The predicted molar refractivity (Wildman–Crippen MR) is 107 cm³/mol. The van der Waals surface area contributed by atoms with Crippen molar-refractivity contribution in [2.24, 2.45) is 0 Å². The Kier molecular flexibility index (Phi) is 5.49. The first kappa shape index (κ1) is 18.3. The van der Waals surface area contributed by atoms with E-state index >= 15 is 0 Å². The molecule has 3 aromatic rings. The summed E-state index contributed by atoms with van der Waals surface area (Å²) in [6.07, 6.45) is 0. The van der Waals surface area contributed by atoms with Crippen LogP contribution in [0.2, 0.25) is 0 Å². The molecule has 2 N–H and O–H groups in total. The van der Waals surface area contributed by atoms with Gasteiger partial charge in [0.05, 0.1) is 17.1 Å². The summed E-state index contributed by atoms with van der Waals surface area (Å²) in [5.74, 6) is -0.548. The van der Waals surface area contributed by atoms with Crippen molar-refractivity contribution < 1.29 is 9.59 Å². The van der Waals surface area contributed by atoms with Crippen LogP contribution >= 0.6 is 22.7 Å². The van der Waals surface area contributed by atoms with Crippen molar-refractivity contribution >= 4 is 39.6 Å². The number of hydrogen-bond acceptors (Lipinski definition) is 5. The normalized spacial score (nSPS) is 10.6. The maximum atomic E-state index is 12.0. The van der Waals surface area contributed by atoms with E-state index in [1.807, 2.05) is 10.8 Å². The van der Waals surface area contributed by atoms with Crippen LogP contribution in [0.25, 0.3) is 11.3 Å². The van der Waals surface area contributed by atoms with Crippen LogP contribution in [0.3, 0.4) is 0 Å². The molecule has 0 saturated heterocycles. The standard InChI is InChI=1S/C19H19N3O2S2/c1-11-7-13(3)14(8-12(11)2)15-10-26-19(21-15)22-17(23)9-20-18(24)16-5-4-6-25-16/h4-8,10H,9H2,1-3H3,(H,20,24)(H,21,22,23). The summed E-state index contributed by atoms with van der Waals surface area (Å²) in [6.45, 7) is 6.13. The zero-order valence-corrected chi connectivity index (χ0v) is 16.4. The third-order valence-corrected chi connectivity index (χ3v) is 5.65. The van der Waals surface area contributed by atoms with E-state index in [0.717, 1.165) is 16.8 Å². The van der Waals surface area contributed by atoms with Gasteiger partial charge >= 0.3 is 0 Å². The molecule has 5 nitrogen and oxygen atoms in total. The zero-order valence-electron chi connectivity index (χ0n) is 14.8. The van der Waals surface area contributed by atoms with Crippen LogP contribution in [0, 0.1) is 20.8 Å². The highest BCUT2D eigenvalue weighted by atomic mass is 32.1. The van der Waals surface area contributed by atoms with Gasteiger partial charge in [-0.2, -0.15) is 0 Å². The summed E-state index contributed by atoms with van der Waals surface area (Å²) >= 11 is 2.71. The topological polar surface area (TPSA) is 71.1 Å². The van der Waals surface area contributed by atoms with Gasteiger partial charge in [-0.3, -0.25) is 9.59 Å². The maximum absolute atomic E-state index is 12.0. The largest absolute Gasteiger partial charge is 0.342 e. The van der Waals surface area contributed by atoms with Crippen molar-refractivity contribution in [3.63, 3.8) is 0 Å².